The maximum absolute atomic E-state index is 4.92. The molecule has 196 valence electrons. The Labute approximate surface area is 233 Å². The number of aryl methyl sites for hydroxylation is 2. The molecule has 0 radical (unpaired) electrons. The summed E-state index contributed by atoms with van der Waals surface area (Å²) in [5, 5.41) is 6.40. The summed E-state index contributed by atoms with van der Waals surface area (Å²) in [6.07, 6.45) is 6.93. The summed E-state index contributed by atoms with van der Waals surface area (Å²) >= 11 is 0. The van der Waals surface area contributed by atoms with E-state index in [1.54, 1.807) is 0 Å². The number of benzene rings is 4. The number of aromatic nitrogens is 4. The minimum absolute atomic E-state index is 1.03. The Morgan fingerprint density at radius 2 is 1.35 bits per heavy atom. The molecular weight excluding hydrogens is 488 g/mol. The molecule has 0 spiro atoms. The lowest BCUT2D eigenvalue weighted by Crippen LogP contribution is -1.97. The molecule has 0 saturated carbocycles. The predicted octanol–water partition coefficient (Wildman–Crippen LogP) is 9.51. The Hall–Kier alpha value is -4.57. The highest BCUT2D eigenvalue weighted by molar-refractivity contribution is 6.24. The van der Waals surface area contributed by atoms with Crippen LogP contribution in [-0.4, -0.2) is 18.7 Å². The molecule has 0 aliphatic heterocycles. The first kappa shape index (κ1) is 23.3. The predicted molar refractivity (Wildman–Crippen MR) is 170 cm³/mol. The summed E-state index contributed by atoms with van der Waals surface area (Å²) in [7, 11) is 2.21. The van der Waals surface area contributed by atoms with Gasteiger partial charge in [0.25, 0.3) is 0 Å². The van der Waals surface area contributed by atoms with E-state index in [2.05, 4.69) is 119 Å². The first-order chi connectivity index (χ1) is 19.8. The van der Waals surface area contributed by atoms with E-state index in [4.69, 9.17) is 4.98 Å². The average molecular weight is 521 g/mol. The fraction of sp³-hybridized carbons (Fsp3) is 0.194. The molecule has 0 N–H and O–H groups in total. The third-order valence-electron chi connectivity index (χ3n) is 8.80. The molecular formula is C36H32N4. The fourth-order valence-electron chi connectivity index (χ4n) is 6.97. The lowest BCUT2D eigenvalue weighted by atomic mass is 10.1. The average Bonchev–Trinajstić information content (AvgIpc) is 3.61. The zero-order valence-corrected chi connectivity index (χ0v) is 23.1. The van der Waals surface area contributed by atoms with Gasteiger partial charge in [-0.25, -0.2) is 0 Å². The van der Waals surface area contributed by atoms with Crippen LogP contribution in [0.15, 0.2) is 97.2 Å². The van der Waals surface area contributed by atoms with Gasteiger partial charge in [0, 0.05) is 52.5 Å². The second-order valence-electron chi connectivity index (χ2n) is 11.1. The van der Waals surface area contributed by atoms with E-state index < -0.39 is 0 Å². The first-order valence-corrected chi connectivity index (χ1v) is 14.5. The number of nitrogens with zero attached hydrogens (tertiary/aromatic N) is 4. The van der Waals surface area contributed by atoms with Gasteiger partial charge in [-0.2, -0.15) is 0 Å². The van der Waals surface area contributed by atoms with Crippen LogP contribution in [0.5, 0.6) is 0 Å². The smallest absolute Gasteiger partial charge is 0.0981 e. The van der Waals surface area contributed by atoms with Crippen molar-refractivity contribution in [2.75, 3.05) is 0 Å². The molecule has 4 nitrogen and oxygen atoms in total. The third-order valence-corrected chi connectivity index (χ3v) is 8.80. The van der Waals surface area contributed by atoms with Crippen molar-refractivity contribution >= 4 is 65.5 Å². The molecule has 4 aromatic heterocycles. The number of pyridine rings is 1. The number of unbranched alkanes of at least 4 members (excludes halogenated alkanes) is 3. The quantitative estimate of drug-likeness (QED) is 0.201. The Bertz CT molecular complexity index is 2170. The molecule has 8 rings (SSSR count). The van der Waals surface area contributed by atoms with Gasteiger partial charge >= 0.3 is 0 Å². The van der Waals surface area contributed by atoms with Crippen LogP contribution >= 0.6 is 0 Å². The molecule has 0 fully saturated rings. The Morgan fingerprint density at radius 1 is 0.625 bits per heavy atom. The number of rotatable bonds is 6. The van der Waals surface area contributed by atoms with Crippen LogP contribution in [0.1, 0.15) is 32.6 Å². The zero-order chi connectivity index (χ0) is 26.8. The van der Waals surface area contributed by atoms with Gasteiger partial charge in [0.2, 0.25) is 0 Å². The van der Waals surface area contributed by atoms with Crippen LogP contribution in [0.25, 0.3) is 71.2 Å². The van der Waals surface area contributed by atoms with E-state index in [9.17, 15) is 0 Å². The van der Waals surface area contributed by atoms with Crippen LogP contribution in [0.4, 0.5) is 0 Å². The maximum atomic E-state index is 4.92. The van der Waals surface area contributed by atoms with Crippen molar-refractivity contribution in [3.8, 4) is 5.69 Å². The number of hydrogen-bond acceptors (Lipinski definition) is 1. The molecule has 4 heteroatoms. The van der Waals surface area contributed by atoms with Gasteiger partial charge in [-0.05, 0) is 55.0 Å². The van der Waals surface area contributed by atoms with Gasteiger partial charge < -0.3 is 13.7 Å². The number of hydrogen-bond donors (Lipinski definition) is 0. The molecule has 0 aliphatic rings. The topological polar surface area (TPSA) is 27.7 Å². The van der Waals surface area contributed by atoms with Gasteiger partial charge in [-0.3, -0.25) is 4.98 Å². The van der Waals surface area contributed by atoms with Crippen molar-refractivity contribution in [2.24, 2.45) is 7.05 Å². The second-order valence-corrected chi connectivity index (χ2v) is 11.1. The first-order valence-electron chi connectivity index (χ1n) is 14.5. The number of para-hydroxylation sites is 2. The van der Waals surface area contributed by atoms with Crippen LogP contribution in [0, 0.1) is 0 Å². The van der Waals surface area contributed by atoms with Gasteiger partial charge in [-0.15, -0.1) is 0 Å². The molecule has 0 aliphatic carbocycles. The van der Waals surface area contributed by atoms with Gasteiger partial charge in [0.05, 0.1) is 38.5 Å². The SMILES string of the molecule is CCCCCCn1c2cccnc2c2c3c(ccc21)c1cc(-n2c4ccccc4c4ccccc42)ccc1n3C. The monoisotopic (exact) mass is 520 g/mol. The second kappa shape index (κ2) is 8.99. The van der Waals surface area contributed by atoms with Crippen molar-refractivity contribution in [1.82, 2.24) is 18.7 Å². The molecule has 0 atom stereocenters. The van der Waals surface area contributed by atoms with E-state index in [1.807, 2.05) is 6.20 Å². The van der Waals surface area contributed by atoms with E-state index >= 15 is 0 Å². The van der Waals surface area contributed by atoms with E-state index in [0.29, 0.717) is 0 Å². The largest absolute Gasteiger partial charge is 0.343 e. The van der Waals surface area contributed by atoms with Gasteiger partial charge in [0.15, 0.2) is 0 Å². The molecule has 0 saturated heterocycles. The van der Waals surface area contributed by atoms with Crippen LogP contribution in [0.3, 0.4) is 0 Å². The third kappa shape index (κ3) is 3.22. The molecule has 0 unspecified atom stereocenters. The minimum atomic E-state index is 1.03. The fourth-order valence-corrected chi connectivity index (χ4v) is 6.97. The highest BCUT2D eigenvalue weighted by atomic mass is 15.0. The standard InChI is InChI=1S/C36H32N4/c1-3-4-5-10-22-39-32-20-18-27-28-23-24(40-30-14-8-6-12-25(30)26-13-7-9-15-31(26)40)17-19-29(28)38(2)36(27)34(32)35-33(39)16-11-21-37-35/h6-9,11-21,23H,3-5,10,22H2,1-2H3. The molecule has 0 bridgehead atoms. The van der Waals surface area contributed by atoms with Crippen LogP contribution < -0.4 is 0 Å². The highest BCUT2D eigenvalue weighted by Crippen LogP contribution is 2.40. The summed E-state index contributed by atoms with van der Waals surface area (Å²) in [6.45, 7) is 3.30. The molecule has 4 aromatic carbocycles. The maximum Gasteiger partial charge on any atom is 0.0981 e. The normalized spacial score (nSPS) is 12.2. The molecule has 40 heavy (non-hydrogen) atoms. The Morgan fingerprint density at radius 3 is 2.12 bits per heavy atom. The van der Waals surface area contributed by atoms with Crippen LogP contribution in [0.2, 0.25) is 0 Å². The summed E-state index contributed by atoms with van der Waals surface area (Å²) in [5.74, 6) is 0. The van der Waals surface area contributed by atoms with Gasteiger partial charge in [-0.1, -0.05) is 68.7 Å². The van der Waals surface area contributed by atoms with Crippen molar-refractivity contribution in [3.05, 3.63) is 97.2 Å². The summed E-state index contributed by atoms with van der Waals surface area (Å²) in [6, 6.07) is 33.3. The minimum Gasteiger partial charge on any atom is -0.343 e. The molecule has 0 amide bonds. The van der Waals surface area contributed by atoms with Crippen molar-refractivity contribution in [3.63, 3.8) is 0 Å². The lowest BCUT2D eigenvalue weighted by molar-refractivity contribution is 0.602. The van der Waals surface area contributed by atoms with Crippen LogP contribution in [-0.2, 0) is 13.6 Å². The Kier molecular flexibility index (Phi) is 5.24. The van der Waals surface area contributed by atoms with Crippen molar-refractivity contribution < 1.29 is 0 Å². The Balaban J connectivity index is 1.40. The van der Waals surface area contributed by atoms with E-state index in [0.717, 1.165) is 12.1 Å². The van der Waals surface area contributed by atoms with Gasteiger partial charge in [0.1, 0.15) is 0 Å². The van der Waals surface area contributed by atoms with E-state index in [1.165, 1.54) is 91.4 Å². The van der Waals surface area contributed by atoms with Crippen molar-refractivity contribution in [2.45, 2.75) is 39.2 Å². The number of fused-ring (bicyclic) bond motifs is 10. The van der Waals surface area contributed by atoms with Crippen molar-refractivity contribution in [1.29, 1.82) is 0 Å². The summed E-state index contributed by atoms with van der Waals surface area (Å²) < 4.78 is 7.28. The molecule has 8 aromatic rings. The summed E-state index contributed by atoms with van der Waals surface area (Å²) in [5.41, 5.74) is 9.79. The zero-order valence-electron chi connectivity index (χ0n) is 23.1. The summed E-state index contributed by atoms with van der Waals surface area (Å²) in [4.78, 5) is 4.92. The van der Waals surface area contributed by atoms with E-state index in [-0.39, 0.29) is 0 Å². The lowest BCUT2D eigenvalue weighted by Gasteiger charge is -2.08. The highest BCUT2D eigenvalue weighted by Gasteiger charge is 2.20. The molecule has 4 heterocycles.